The van der Waals surface area contributed by atoms with Gasteiger partial charge >= 0.3 is 0 Å². The highest BCUT2D eigenvalue weighted by atomic mass is 32.2. The molecule has 1 N–H and O–H groups in total. The lowest BCUT2D eigenvalue weighted by Gasteiger charge is -2.11. The Morgan fingerprint density at radius 1 is 1.33 bits per heavy atom. The van der Waals surface area contributed by atoms with Crippen LogP contribution in [0, 0.1) is 0 Å². The number of hydrogen-bond acceptors (Lipinski definition) is 4. The fourth-order valence-electron chi connectivity index (χ4n) is 0.763. The van der Waals surface area contributed by atoms with Gasteiger partial charge in [0.2, 0.25) is 10.0 Å². The number of rotatable bonds is 6. The van der Waals surface area contributed by atoms with Gasteiger partial charge in [-0.15, -0.1) is 5.14 Å². The zero-order valence-corrected chi connectivity index (χ0v) is 8.06. The second kappa shape index (κ2) is 5.47. The van der Waals surface area contributed by atoms with Gasteiger partial charge in [0.05, 0.1) is 6.61 Å². The second-order valence-corrected chi connectivity index (χ2v) is 4.16. The highest BCUT2D eigenvalue weighted by molar-refractivity contribution is 7.89. The van der Waals surface area contributed by atoms with Crippen LogP contribution in [0.1, 0.15) is 6.42 Å². The monoisotopic (exact) mass is 196 g/mol. The molecule has 0 aromatic carbocycles. The second-order valence-electron chi connectivity index (χ2n) is 2.40. The molecule has 1 radical (unpaired) electrons. The van der Waals surface area contributed by atoms with Crippen molar-refractivity contribution in [1.29, 1.82) is 0 Å². The van der Waals surface area contributed by atoms with Crippen LogP contribution in [0.25, 0.3) is 0 Å². The van der Waals surface area contributed by atoms with Gasteiger partial charge < -0.3 is 9.47 Å². The minimum atomic E-state index is -3.75. The van der Waals surface area contributed by atoms with Crippen molar-refractivity contribution in [3.8, 4) is 0 Å². The highest BCUT2D eigenvalue weighted by Crippen LogP contribution is 2.03. The zero-order valence-electron chi connectivity index (χ0n) is 7.24. The van der Waals surface area contributed by atoms with Gasteiger partial charge in [0.15, 0.2) is 0 Å². The van der Waals surface area contributed by atoms with Gasteiger partial charge in [-0.25, -0.2) is 8.42 Å². The normalized spacial score (nSPS) is 14.6. The quantitative estimate of drug-likeness (QED) is 0.582. The summed E-state index contributed by atoms with van der Waals surface area (Å²) in [7, 11) is -0.860. The zero-order chi connectivity index (χ0) is 9.61. The molecule has 0 aromatic rings. The lowest BCUT2D eigenvalue weighted by atomic mass is 10.3. The van der Waals surface area contributed by atoms with E-state index < -0.39 is 15.3 Å². The van der Waals surface area contributed by atoms with Crippen LogP contribution in [0.4, 0.5) is 0 Å². The summed E-state index contributed by atoms with van der Waals surface area (Å²) in [4.78, 5) is 0. The summed E-state index contributed by atoms with van der Waals surface area (Å²) in [6.07, 6.45) is 0.302. The summed E-state index contributed by atoms with van der Waals surface area (Å²) in [6.45, 7) is 0.376. The lowest BCUT2D eigenvalue weighted by Crippen LogP contribution is -2.28. The average molecular weight is 196 g/mol. The number of sulfonamides is 1. The molecule has 0 saturated heterocycles. The third kappa shape index (κ3) is 4.66. The molecular formula is C6H14NO4S. The van der Waals surface area contributed by atoms with Crippen LogP contribution in [-0.2, 0) is 19.5 Å². The Kier molecular flexibility index (Phi) is 5.39. The Hall–Kier alpha value is -0.170. The first-order valence-electron chi connectivity index (χ1n) is 3.48. The maximum atomic E-state index is 10.8. The van der Waals surface area contributed by atoms with Crippen molar-refractivity contribution < 1.29 is 17.9 Å². The fourth-order valence-corrected chi connectivity index (χ4v) is 1.49. The van der Waals surface area contributed by atoms with E-state index in [1.165, 1.54) is 14.2 Å². The highest BCUT2D eigenvalue weighted by Gasteiger charge is 2.21. The van der Waals surface area contributed by atoms with Crippen molar-refractivity contribution in [2.24, 2.45) is 0 Å². The van der Waals surface area contributed by atoms with Crippen LogP contribution in [0.3, 0.4) is 0 Å². The minimum Gasteiger partial charge on any atom is -0.385 e. The van der Waals surface area contributed by atoms with Crippen molar-refractivity contribution in [2.45, 2.75) is 11.7 Å². The van der Waals surface area contributed by atoms with E-state index in [0.717, 1.165) is 0 Å². The molecule has 6 heteroatoms. The molecule has 0 fully saturated rings. The first-order valence-corrected chi connectivity index (χ1v) is 5.03. The van der Waals surface area contributed by atoms with E-state index in [1.807, 2.05) is 0 Å². The van der Waals surface area contributed by atoms with Crippen molar-refractivity contribution in [2.75, 3.05) is 27.4 Å². The largest absolute Gasteiger partial charge is 0.385 e. The van der Waals surface area contributed by atoms with Gasteiger partial charge in [-0.1, -0.05) is 0 Å². The summed E-state index contributed by atoms with van der Waals surface area (Å²) in [5.74, 6) is 0. The predicted octanol–water partition coefficient (Wildman–Crippen LogP) is -0.349. The van der Waals surface area contributed by atoms with Crippen molar-refractivity contribution in [3.05, 3.63) is 0 Å². The molecule has 0 aromatic heterocycles. The number of nitrogens with one attached hydrogen (secondary N) is 1. The van der Waals surface area contributed by atoms with Crippen LogP contribution >= 0.6 is 0 Å². The van der Waals surface area contributed by atoms with E-state index in [2.05, 4.69) is 4.74 Å². The molecule has 0 rings (SSSR count). The van der Waals surface area contributed by atoms with Gasteiger partial charge in [-0.3, -0.25) is 0 Å². The molecule has 0 aliphatic rings. The summed E-state index contributed by atoms with van der Waals surface area (Å²) >= 11 is 0. The van der Waals surface area contributed by atoms with Crippen molar-refractivity contribution in [1.82, 2.24) is 5.14 Å². The molecule has 0 saturated carbocycles. The molecule has 0 heterocycles. The van der Waals surface area contributed by atoms with Gasteiger partial charge in [-0.2, -0.15) is 0 Å². The molecule has 1 unspecified atom stereocenters. The summed E-state index contributed by atoms with van der Waals surface area (Å²) < 4.78 is 30.9. The van der Waals surface area contributed by atoms with Crippen LogP contribution in [-0.4, -0.2) is 41.1 Å². The van der Waals surface area contributed by atoms with Crippen LogP contribution < -0.4 is 5.14 Å². The smallest absolute Gasteiger partial charge is 0.230 e. The Morgan fingerprint density at radius 3 is 2.25 bits per heavy atom. The van der Waals surface area contributed by atoms with E-state index >= 15 is 0 Å². The number of hydrogen-bond donors (Lipinski definition) is 0. The molecule has 1 atom stereocenters. The summed E-state index contributed by atoms with van der Waals surface area (Å²) in [6, 6.07) is 0. The molecule has 12 heavy (non-hydrogen) atoms. The van der Waals surface area contributed by atoms with Gasteiger partial charge in [0.1, 0.15) is 5.25 Å². The summed E-state index contributed by atoms with van der Waals surface area (Å²) in [5.41, 5.74) is 0. The fraction of sp³-hybridized carbons (Fsp3) is 1.00. The van der Waals surface area contributed by atoms with Gasteiger partial charge in [0.25, 0.3) is 0 Å². The van der Waals surface area contributed by atoms with Gasteiger partial charge in [-0.05, 0) is 6.42 Å². The molecule has 5 nitrogen and oxygen atoms in total. The molecule has 0 amide bonds. The van der Waals surface area contributed by atoms with Crippen LogP contribution in [0.15, 0.2) is 0 Å². The first-order chi connectivity index (χ1) is 5.52. The van der Waals surface area contributed by atoms with E-state index in [-0.39, 0.29) is 6.61 Å². The maximum absolute atomic E-state index is 10.8. The Morgan fingerprint density at radius 2 is 1.92 bits per heavy atom. The molecule has 73 valence electrons. The topological polar surface area (TPSA) is 76.4 Å². The summed E-state index contributed by atoms with van der Waals surface area (Å²) in [5, 5.41) is 6.03. The third-order valence-electron chi connectivity index (χ3n) is 1.44. The Bertz CT molecular complexity index is 202. The average Bonchev–Trinajstić information content (AvgIpc) is 1.95. The Balaban J connectivity index is 4.05. The van der Waals surface area contributed by atoms with Crippen molar-refractivity contribution in [3.63, 3.8) is 0 Å². The number of methoxy groups -OCH3 is 2. The number of ether oxygens (including phenoxy) is 2. The Labute approximate surface area is 72.9 Å². The van der Waals surface area contributed by atoms with E-state index in [4.69, 9.17) is 9.88 Å². The molecular weight excluding hydrogens is 182 g/mol. The van der Waals surface area contributed by atoms with E-state index in [0.29, 0.717) is 13.0 Å². The SMILES string of the molecule is COCCC(COC)S([NH])(=O)=O. The van der Waals surface area contributed by atoms with Crippen LogP contribution in [0.2, 0.25) is 0 Å². The molecule has 0 aliphatic carbocycles. The maximum Gasteiger partial charge on any atom is 0.230 e. The van der Waals surface area contributed by atoms with Crippen LogP contribution in [0.5, 0.6) is 0 Å². The molecule has 0 spiro atoms. The molecule has 0 aliphatic heterocycles. The lowest BCUT2D eigenvalue weighted by molar-refractivity contribution is 0.161. The van der Waals surface area contributed by atoms with Gasteiger partial charge in [0, 0.05) is 20.8 Å². The van der Waals surface area contributed by atoms with Crippen molar-refractivity contribution >= 4 is 10.0 Å². The third-order valence-corrected chi connectivity index (χ3v) is 2.68. The minimum absolute atomic E-state index is 0.0508. The first kappa shape index (κ1) is 11.8. The predicted molar refractivity (Wildman–Crippen MR) is 44.2 cm³/mol. The molecule has 0 bridgehead atoms. The van der Waals surface area contributed by atoms with E-state index in [9.17, 15) is 8.42 Å². The van der Waals surface area contributed by atoms with E-state index in [1.54, 1.807) is 0 Å². The standard InChI is InChI=1S/C6H14NO4S/c1-10-4-3-6(5-11-2)12(7,8)9/h6-7H,3-5H2,1-2H3.